The second kappa shape index (κ2) is 9.99. The topological polar surface area (TPSA) is 82.3 Å². The Labute approximate surface area is 180 Å². The number of hydrogen-bond donors (Lipinski definition) is 1. The third-order valence-electron chi connectivity index (χ3n) is 4.49. The van der Waals surface area contributed by atoms with Gasteiger partial charge < -0.3 is 10.1 Å². The molecule has 1 amide bonds. The van der Waals surface area contributed by atoms with Crippen molar-refractivity contribution in [1.29, 1.82) is 0 Å². The van der Waals surface area contributed by atoms with Crippen LogP contribution >= 0.6 is 0 Å². The first-order valence-electron chi connectivity index (χ1n) is 9.65. The molecule has 7 nitrogen and oxygen atoms in total. The molecule has 0 aliphatic rings. The largest absolute Gasteiger partial charge is 0.492 e. The first-order chi connectivity index (χ1) is 15.2. The zero-order valence-corrected chi connectivity index (χ0v) is 16.8. The Kier molecular flexibility index (Phi) is 7.14. The maximum Gasteiger partial charge on any atom is 0.416 e. The van der Waals surface area contributed by atoms with E-state index in [1.54, 1.807) is 0 Å². The van der Waals surface area contributed by atoms with Crippen LogP contribution in [0.4, 0.5) is 13.2 Å². The van der Waals surface area contributed by atoms with Crippen LogP contribution in [0, 0.1) is 0 Å². The molecular weight excluding hydrogens is 427 g/mol. The minimum absolute atomic E-state index is 0.0113. The number of alkyl halides is 3. The summed E-state index contributed by atoms with van der Waals surface area (Å²) in [4.78, 5) is 36.8. The van der Waals surface area contributed by atoms with Crippen LogP contribution in [0.15, 0.2) is 76.4 Å². The second-order valence-corrected chi connectivity index (χ2v) is 6.86. The summed E-state index contributed by atoms with van der Waals surface area (Å²) in [6, 6.07) is 14.7. The van der Waals surface area contributed by atoms with E-state index in [1.165, 1.54) is 29.0 Å². The molecular formula is C22H20F3N3O4. The van der Waals surface area contributed by atoms with Crippen molar-refractivity contribution in [3.63, 3.8) is 0 Å². The zero-order valence-electron chi connectivity index (χ0n) is 16.8. The molecule has 0 radical (unpaired) electrons. The van der Waals surface area contributed by atoms with Crippen LogP contribution in [-0.4, -0.2) is 28.2 Å². The molecule has 0 aliphatic carbocycles. The number of hydrogen-bond acceptors (Lipinski definition) is 4. The highest BCUT2D eigenvalue weighted by molar-refractivity contribution is 5.75. The lowest BCUT2D eigenvalue weighted by molar-refractivity contribution is -0.137. The molecule has 0 atom stereocenters. The molecule has 1 N–H and O–H groups in total. The summed E-state index contributed by atoms with van der Waals surface area (Å²) in [5.74, 6) is -0.591. The van der Waals surface area contributed by atoms with Gasteiger partial charge in [-0.2, -0.15) is 13.2 Å². The molecule has 3 rings (SSSR count). The van der Waals surface area contributed by atoms with Crippen molar-refractivity contribution in [1.82, 2.24) is 14.5 Å². The van der Waals surface area contributed by atoms with Crippen molar-refractivity contribution in [3.8, 4) is 5.75 Å². The van der Waals surface area contributed by atoms with Gasteiger partial charge in [0.25, 0.3) is 5.56 Å². The van der Waals surface area contributed by atoms with Gasteiger partial charge >= 0.3 is 11.9 Å². The van der Waals surface area contributed by atoms with E-state index in [9.17, 15) is 27.6 Å². The number of amides is 1. The number of aromatic nitrogens is 2. The summed E-state index contributed by atoms with van der Waals surface area (Å²) in [7, 11) is 0. The van der Waals surface area contributed by atoms with Crippen LogP contribution in [0.1, 0.15) is 11.1 Å². The molecule has 0 aliphatic heterocycles. The van der Waals surface area contributed by atoms with Gasteiger partial charge in [0.15, 0.2) is 0 Å². The van der Waals surface area contributed by atoms with Gasteiger partial charge in [0.05, 0.1) is 18.7 Å². The molecule has 2 aromatic carbocycles. The average Bonchev–Trinajstić information content (AvgIpc) is 2.76. The number of carbonyl (C=O) groups is 1. The van der Waals surface area contributed by atoms with Crippen molar-refractivity contribution in [2.75, 3.05) is 13.2 Å². The fourth-order valence-electron chi connectivity index (χ4n) is 2.92. The molecule has 10 heteroatoms. The highest BCUT2D eigenvalue weighted by atomic mass is 19.4. The van der Waals surface area contributed by atoms with E-state index in [2.05, 4.69) is 5.32 Å². The Bertz CT molecular complexity index is 1190. The van der Waals surface area contributed by atoms with Gasteiger partial charge in [0.1, 0.15) is 18.9 Å². The standard InChI is InChI=1S/C22H20F3N3O4/c23-22(24,25)17-7-4-8-18(13-17)32-12-10-26-19(29)15-28-20(30)9-11-27(21(28)31)14-16-5-2-1-3-6-16/h1-9,11,13H,10,12,14-15H2,(H,26,29). The van der Waals surface area contributed by atoms with Gasteiger partial charge in [-0.3, -0.25) is 18.7 Å². The van der Waals surface area contributed by atoms with E-state index in [-0.39, 0.29) is 25.4 Å². The third kappa shape index (κ3) is 6.10. The van der Waals surface area contributed by atoms with E-state index in [0.717, 1.165) is 22.3 Å². The molecule has 0 saturated heterocycles. The molecule has 32 heavy (non-hydrogen) atoms. The quantitative estimate of drug-likeness (QED) is 0.537. The first-order valence-corrected chi connectivity index (χ1v) is 9.65. The summed E-state index contributed by atoms with van der Waals surface area (Å²) in [6.45, 7) is -0.354. The number of nitrogens with zero attached hydrogens (tertiary/aromatic N) is 2. The summed E-state index contributed by atoms with van der Waals surface area (Å²) in [5, 5.41) is 2.48. The molecule has 3 aromatic rings. The lowest BCUT2D eigenvalue weighted by Crippen LogP contribution is -2.43. The number of benzene rings is 2. The Morgan fingerprint density at radius 3 is 2.47 bits per heavy atom. The number of carbonyl (C=O) groups excluding carboxylic acids is 1. The molecule has 0 bridgehead atoms. The highest BCUT2D eigenvalue weighted by Crippen LogP contribution is 2.31. The van der Waals surface area contributed by atoms with Gasteiger partial charge in [-0.25, -0.2) is 4.79 Å². The van der Waals surface area contributed by atoms with Crippen molar-refractivity contribution in [2.45, 2.75) is 19.3 Å². The molecule has 0 fully saturated rings. The van der Waals surface area contributed by atoms with Crippen LogP contribution in [0.25, 0.3) is 0 Å². The molecule has 1 aromatic heterocycles. The zero-order chi connectivity index (χ0) is 23.1. The average molecular weight is 447 g/mol. The molecule has 1 heterocycles. The fourth-order valence-corrected chi connectivity index (χ4v) is 2.92. The predicted molar refractivity (Wildman–Crippen MR) is 110 cm³/mol. The molecule has 0 unspecified atom stereocenters. The van der Waals surface area contributed by atoms with Gasteiger partial charge in [0.2, 0.25) is 5.91 Å². The Balaban J connectivity index is 1.56. The second-order valence-electron chi connectivity index (χ2n) is 6.86. The van der Waals surface area contributed by atoms with Gasteiger partial charge in [-0.15, -0.1) is 0 Å². The lowest BCUT2D eigenvalue weighted by atomic mass is 10.2. The highest BCUT2D eigenvalue weighted by Gasteiger charge is 2.30. The minimum Gasteiger partial charge on any atom is -0.492 e. The minimum atomic E-state index is -4.48. The van der Waals surface area contributed by atoms with E-state index in [0.29, 0.717) is 0 Å². The molecule has 0 saturated carbocycles. The maximum atomic E-state index is 12.7. The summed E-state index contributed by atoms with van der Waals surface area (Å²) < 4.78 is 45.5. The Hall–Kier alpha value is -3.82. The predicted octanol–water partition coefficient (Wildman–Crippen LogP) is 2.27. The summed E-state index contributed by atoms with van der Waals surface area (Å²) in [6.07, 6.45) is -3.11. The number of nitrogens with one attached hydrogen (secondary N) is 1. The van der Waals surface area contributed by atoms with Crippen LogP contribution in [0.3, 0.4) is 0 Å². The van der Waals surface area contributed by atoms with Gasteiger partial charge in [-0.05, 0) is 23.8 Å². The first kappa shape index (κ1) is 22.9. The van der Waals surface area contributed by atoms with E-state index < -0.39 is 35.4 Å². The van der Waals surface area contributed by atoms with Crippen molar-refractivity contribution in [2.24, 2.45) is 0 Å². The van der Waals surface area contributed by atoms with E-state index in [4.69, 9.17) is 4.74 Å². The van der Waals surface area contributed by atoms with Gasteiger partial charge in [0, 0.05) is 12.3 Å². The van der Waals surface area contributed by atoms with Crippen LogP contribution < -0.4 is 21.3 Å². The molecule has 168 valence electrons. The van der Waals surface area contributed by atoms with E-state index >= 15 is 0 Å². The SMILES string of the molecule is O=C(Cn1c(=O)ccn(Cc2ccccc2)c1=O)NCCOc1cccc(C(F)(F)F)c1. The van der Waals surface area contributed by atoms with Crippen LogP contribution in [0.2, 0.25) is 0 Å². The number of halogens is 3. The summed E-state index contributed by atoms with van der Waals surface area (Å²) in [5.41, 5.74) is -1.23. The maximum absolute atomic E-state index is 12.7. The monoisotopic (exact) mass is 447 g/mol. The summed E-state index contributed by atoms with van der Waals surface area (Å²) >= 11 is 0. The van der Waals surface area contributed by atoms with Crippen LogP contribution in [-0.2, 0) is 24.1 Å². The third-order valence-corrected chi connectivity index (χ3v) is 4.49. The van der Waals surface area contributed by atoms with Gasteiger partial charge in [-0.1, -0.05) is 36.4 Å². The smallest absolute Gasteiger partial charge is 0.416 e. The fraction of sp³-hybridized carbons (Fsp3) is 0.227. The van der Waals surface area contributed by atoms with Crippen LogP contribution in [0.5, 0.6) is 5.75 Å². The normalized spacial score (nSPS) is 11.2. The Morgan fingerprint density at radius 2 is 1.75 bits per heavy atom. The van der Waals surface area contributed by atoms with Crippen molar-refractivity contribution < 1.29 is 22.7 Å². The van der Waals surface area contributed by atoms with Crippen molar-refractivity contribution >= 4 is 5.91 Å². The number of rotatable bonds is 8. The molecule has 0 spiro atoms. The number of ether oxygens (including phenoxy) is 1. The van der Waals surface area contributed by atoms with E-state index in [1.807, 2.05) is 30.3 Å². The Morgan fingerprint density at radius 1 is 1.00 bits per heavy atom. The lowest BCUT2D eigenvalue weighted by Gasteiger charge is -2.12. The van der Waals surface area contributed by atoms with Crippen molar-refractivity contribution in [3.05, 3.63) is 98.8 Å².